The second-order valence-corrected chi connectivity index (χ2v) is 4.01. The topological polar surface area (TPSA) is 55.0 Å². The Hall–Kier alpha value is -2.01. The molecule has 0 aliphatic rings. The highest BCUT2D eigenvalue weighted by Crippen LogP contribution is 2.15. The molecule has 2 rings (SSSR count). The van der Waals surface area contributed by atoms with Crippen LogP contribution < -0.4 is 10.6 Å². The van der Waals surface area contributed by atoms with Crippen LogP contribution in [0.25, 0.3) is 0 Å². The first-order valence-electron chi connectivity index (χ1n) is 5.66. The van der Waals surface area contributed by atoms with E-state index in [9.17, 15) is 4.39 Å². The molecule has 0 atom stereocenters. The molecule has 2 aromatic rings. The summed E-state index contributed by atoms with van der Waals surface area (Å²) >= 11 is 0. The highest BCUT2D eigenvalue weighted by atomic mass is 19.1. The molecule has 1 aromatic carbocycles. The van der Waals surface area contributed by atoms with Crippen LogP contribution in [0, 0.1) is 5.82 Å². The first-order chi connectivity index (χ1) is 8.70. The number of benzene rings is 1. The molecule has 0 saturated carbocycles. The van der Waals surface area contributed by atoms with Crippen LogP contribution in [-0.4, -0.2) is 17.0 Å². The van der Waals surface area contributed by atoms with Gasteiger partial charge in [-0.05, 0) is 17.7 Å². The minimum atomic E-state index is -0.233. The highest BCUT2D eigenvalue weighted by molar-refractivity contribution is 5.42. The molecular formula is C13H15FN4. The van der Waals surface area contributed by atoms with Gasteiger partial charge in [-0.25, -0.2) is 9.37 Å². The van der Waals surface area contributed by atoms with Gasteiger partial charge in [0.2, 0.25) is 0 Å². The van der Waals surface area contributed by atoms with E-state index in [-0.39, 0.29) is 5.82 Å². The monoisotopic (exact) mass is 246 g/mol. The van der Waals surface area contributed by atoms with E-state index in [4.69, 9.17) is 5.73 Å². The van der Waals surface area contributed by atoms with Gasteiger partial charge in [-0.1, -0.05) is 12.1 Å². The van der Waals surface area contributed by atoms with E-state index in [0.29, 0.717) is 13.1 Å². The molecule has 0 unspecified atom stereocenters. The van der Waals surface area contributed by atoms with E-state index in [1.807, 2.05) is 11.9 Å². The first-order valence-corrected chi connectivity index (χ1v) is 5.66. The molecule has 0 radical (unpaired) electrons. The van der Waals surface area contributed by atoms with Gasteiger partial charge in [-0.3, -0.25) is 4.98 Å². The van der Waals surface area contributed by atoms with Crippen LogP contribution in [0.3, 0.4) is 0 Å². The Morgan fingerprint density at radius 1 is 1.17 bits per heavy atom. The second-order valence-electron chi connectivity index (χ2n) is 4.01. The maximum absolute atomic E-state index is 12.8. The molecular weight excluding hydrogens is 231 g/mol. The van der Waals surface area contributed by atoms with Crippen molar-refractivity contribution in [1.29, 1.82) is 0 Å². The molecule has 0 saturated heterocycles. The SMILES string of the molecule is CN(Cc1ccc(F)cc1)c1nccnc1CN. The van der Waals surface area contributed by atoms with Crippen LogP contribution in [-0.2, 0) is 13.1 Å². The van der Waals surface area contributed by atoms with Crippen LogP contribution >= 0.6 is 0 Å². The number of rotatable bonds is 4. The Kier molecular flexibility index (Phi) is 3.84. The van der Waals surface area contributed by atoms with Gasteiger partial charge in [0, 0.05) is 32.5 Å². The third-order valence-corrected chi connectivity index (χ3v) is 2.64. The smallest absolute Gasteiger partial charge is 0.151 e. The summed E-state index contributed by atoms with van der Waals surface area (Å²) in [4.78, 5) is 10.4. The van der Waals surface area contributed by atoms with Gasteiger partial charge >= 0.3 is 0 Å². The van der Waals surface area contributed by atoms with E-state index >= 15 is 0 Å². The van der Waals surface area contributed by atoms with Crippen molar-refractivity contribution in [3.63, 3.8) is 0 Å². The van der Waals surface area contributed by atoms with Gasteiger partial charge in [0.25, 0.3) is 0 Å². The van der Waals surface area contributed by atoms with Crippen LogP contribution in [0.4, 0.5) is 10.2 Å². The zero-order chi connectivity index (χ0) is 13.0. The molecule has 0 spiro atoms. The van der Waals surface area contributed by atoms with Gasteiger partial charge in [-0.15, -0.1) is 0 Å². The molecule has 5 heteroatoms. The standard InChI is InChI=1S/C13H15FN4/c1-18(9-10-2-4-11(14)5-3-10)13-12(8-15)16-6-7-17-13/h2-7H,8-9,15H2,1H3. The molecule has 94 valence electrons. The highest BCUT2D eigenvalue weighted by Gasteiger charge is 2.09. The lowest BCUT2D eigenvalue weighted by molar-refractivity contribution is 0.627. The minimum absolute atomic E-state index is 0.233. The van der Waals surface area contributed by atoms with E-state index < -0.39 is 0 Å². The molecule has 4 nitrogen and oxygen atoms in total. The third kappa shape index (κ3) is 2.81. The van der Waals surface area contributed by atoms with Crippen molar-refractivity contribution in [1.82, 2.24) is 9.97 Å². The quantitative estimate of drug-likeness (QED) is 0.892. The largest absolute Gasteiger partial charge is 0.354 e. The van der Waals surface area contributed by atoms with Gasteiger partial charge in [0.1, 0.15) is 5.82 Å². The zero-order valence-electron chi connectivity index (χ0n) is 10.2. The minimum Gasteiger partial charge on any atom is -0.354 e. The maximum atomic E-state index is 12.8. The van der Waals surface area contributed by atoms with E-state index in [2.05, 4.69) is 9.97 Å². The maximum Gasteiger partial charge on any atom is 0.151 e. The van der Waals surface area contributed by atoms with Crippen molar-refractivity contribution >= 4 is 5.82 Å². The Morgan fingerprint density at radius 2 is 1.83 bits per heavy atom. The van der Waals surface area contributed by atoms with Crippen LogP contribution in [0.2, 0.25) is 0 Å². The Morgan fingerprint density at radius 3 is 2.50 bits per heavy atom. The molecule has 0 aliphatic carbocycles. The first kappa shape index (κ1) is 12.4. The fourth-order valence-corrected chi connectivity index (χ4v) is 1.76. The third-order valence-electron chi connectivity index (χ3n) is 2.64. The van der Waals surface area contributed by atoms with Gasteiger partial charge in [0.15, 0.2) is 5.82 Å². The summed E-state index contributed by atoms with van der Waals surface area (Å²) in [6.45, 7) is 0.975. The van der Waals surface area contributed by atoms with Crippen molar-refractivity contribution in [2.45, 2.75) is 13.1 Å². The van der Waals surface area contributed by atoms with Gasteiger partial charge in [0.05, 0.1) is 5.69 Å². The molecule has 0 bridgehead atoms. The summed E-state index contributed by atoms with van der Waals surface area (Å²) in [5.41, 5.74) is 7.38. The van der Waals surface area contributed by atoms with Crippen LogP contribution in [0.15, 0.2) is 36.7 Å². The van der Waals surface area contributed by atoms with Crippen LogP contribution in [0.1, 0.15) is 11.3 Å². The van der Waals surface area contributed by atoms with Gasteiger partial charge in [-0.2, -0.15) is 0 Å². The lowest BCUT2D eigenvalue weighted by atomic mass is 10.2. The normalized spacial score (nSPS) is 10.4. The number of aromatic nitrogens is 2. The van der Waals surface area contributed by atoms with E-state index in [0.717, 1.165) is 17.1 Å². The van der Waals surface area contributed by atoms with Crippen molar-refractivity contribution in [3.05, 3.63) is 53.7 Å². The summed E-state index contributed by atoms with van der Waals surface area (Å²) in [6, 6.07) is 6.40. The molecule has 0 aliphatic heterocycles. The Labute approximate surface area is 105 Å². The molecule has 0 amide bonds. The Balaban J connectivity index is 2.16. The molecule has 1 heterocycles. The lowest BCUT2D eigenvalue weighted by Crippen LogP contribution is -2.21. The zero-order valence-corrected chi connectivity index (χ0v) is 10.2. The van der Waals surface area contributed by atoms with Crippen molar-refractivity contribution in [2.24, 2.45) is 5.73 Å². The van der Waals surface area contributed by atoms with Gasteiger partial charge < -0.3 is 10.6 Å². The lowest BCUT2D eigenvalue weighted by Gasteiger charge is -2.20. The van der Waals surface area contributed by atoms with Crippen LogP contribution in [0.5, 0.6) is 0 Å². The number of hydrogen-bond donors (Lipinski definition) is 1. The van der Waals surface area contributed by atoms with E-state index in [1.54, 1.807) is 24.5 Å². The Bertz CT molecular complexity index is 513. The molecule has 1 aromatic heterocycles. The number of halogens is 1. The van der Waals surface area contributed by atoms with Crippen molar-refractivity contribution < 1.29 is 4.39 Å². The summed E-state index contributed by atoms with van der Waals surface area (Å²) < 4.78 is 12.8. The predicted molar refractivity (Wildman–Crippen MR) is 68.4 cm³/mol. The molecule has 18 heavy (non-hydrogen) atoms. The average molecular weight is 246 g/mol. The summed E-state index contributed by atoms with van der Waals surface area (Å²) in [5.74, 6) is 0.521. The second kappa shape index (κ2) is 5.55. The molecule has 2 N–H and O–H groups in total. The fourth-order valence-electron chi connectivity index (χ4n) is 1.76. The predicted octanol–water partition coefficient (Wildman–Crippen LogP) is 1.71. The van der Waals surface area contributed by atoms with E-state index in [1.165, 1.54) is 12.1 Å². The average Bonchev–Trinajstić information content (AvgIpc) is 2.41. The fraction of sp³-hybridized carbons (Fsp3) is 0.231. The van der Waals surface area contributed by atoms with Crippen molar-refractivity contribution in [3.8, 4) is 0 Å². The number of anilines is 1. The molecule has 0 fully saturated rings. The number of nitrogens with two attached hydrogens (primary N) is 1. The number of nitrogens with zero attached hydrogens (tertiary/aromatic N) is 3. The van der Waals surface area contributed by atoms with Crippen molar-refractivity contribution in [2.75, 3.05) is 11.9 Å². The number of hydrogen-bond acceptors (Lipinski definition) is 4. The summed E-state index contributed by atoms with van der Waals surface area (Å²) in [5, 5.41) is 0. The summed E-state index contributed by atoms with van der Waals surface area (Å²) in [7, 11) is 1.91. The summed E-state index contributed by atoms with van der Waals surface area (Å²) in [6.07, 6.45) is 3.26.